The number of aromatic nitrogens is 2. The first-order valence-corrected chi connectivity index (χ1v) is 6.58. The molecule has 0 spiro atoms. The first-order chi connectivity index (χ1) is 8.64. The van der Waals surface area contributed by atoms with Crippen LogP contribution in [0.15, 0.2) is 6.07 Å². The second-order valence-electron chi connectivity index (χ2n) is 4.78. The van der Waals surface area contributed by atoms with Gasteiger partial charge in [-0.15, -0.1) is 0 Å². The molecule has 2 bridgehead atoms. The number of halogens is 2. The summed E-state index contributed by atoms with van der Waals surface area (Å²) in [6.45, 7) is 1.17. The topological polar surface area (TPSA) is 58.5 Å². The van der Waals surface area contributed by atoms with E-state index in [0.717, 1.165) is 12.8 Å². The highest BCUT2D eigenvalue weighted by atomic mass is 35.5. The van der Waals surface area contributed by atoms with E-state index in [-0.39, 0.29) is 17.9 Å². The second-order valence-corrected chi connectivity index (χ2v) is 5.50. The van der Waals surface area contributed by atoms with Crippen LogP contribution in [0.25, 0.3) is 0 Å². The Kier molecular flexibility index (Phi) is 3.10. The Balaban J connectivity index is 2.04. The number of rotatable bonds is 2. The van der Waals surface area contributed by atoms with Crippen molar-refractivity contribution >= 4 is 29.0 Å². The van der Waals surface area contributed by atoms with Crippen molar-refractivity contribution in [1.82, 2.24) is 9.97 Å². The van der Waals surface area contributed by atoms with Gasteiger partial charge in [-0.2, -0.15) is 0 Å². The lowest BCUT2D eigenvalue weighted by Gasteiger charge is -2.44. The molecule has 2 fully saturated rings. The van der Waals surface area contributed by atoms with Crippen molar-refractivity contribution in [2.45, 2.75) is 24.4 Å². The van der Waals surface area contributed by atoms with E-state index in [1.54, 1.807) is 6.07 Å². The largest absolute Gasteiger partial charge is 0.394 e. The van der Waals surface area contributed by atoms with Gasteiger partial charge in [0, 0.05) is 6.07 Å². The molecule has 98 valence electrons. The van der Waals surface area contributed by atoms with E-state index in [2.05, 4.69) is 14.9 Å². The van der Waals surface area contributed by atoms with E-state index < -0.39 is 5.54 Å². The molecule has 0 amide bonds. The van der Waals surface area contributed by atoms with Gasteiger partial charge in [0.05, 0.1) is 31.4 Å². The molecule has 3 rings (SSSR count). The zero-order valence-electron chi connectivity index (χ0n) is 9.64. The average Bonchev–Trinajstić information content (AvgIpc) is 2.56. The smallest absolute Gasteiger partial charge is 0.225 e. The Morgan fingerprint density at radius 1 is 1.50 bits per heavy atom. The number of ether oxygens (including phenoxy) is 1. The number of nitrogens with zero attached hydrogens (tertiary/aromatic N) is 3. The summed E-state index contributed by atoms with van der Waals surface area (Å²) in [5, 5.41) is 10.1. The first-order valence-electron chi connectivity index (χ1n) is 5.83. The molecular weight excluding hydrogens is 277 g/mol. The molecule has 5 nitrogen and oxygen atoms in total. The number of aliphatic hydroxyl groups is 1. The summed E-state index contributed by atoms with van der Waals surface area (Å²) in [6, 6.07) is 1.90. The predicted octanol–water partition coefficient (Wildman–Crippen LogP) is 1.51. The summed E-state index contributed by atoms with van der Waals surface area (Å²) in [4.78, 5) is 10.2. The van der Waals surface area contributed by atoms with Crippen molar-refractivity contribution in [3.05, 3.63) is 16.5 Å². The lowest BCUT2D eigenvalue weighted by Crippen LogP contribution is -2.58. The van der Waals surface area contributed by atoms with Crippen LogP contribution in [0.5, 0.6) is 0 Å². The summed E-state index contributed by atoms with van der Waals surface area (Å²) in [6.07, 6.45) is 1.85. The molecule has 7 heteroatoms. The van der Waals surface area contributed by atoms with E-state index in [0.29, 0.717) is 24.2 Å². The van der Waals surface area contributed by atoms with Crippen LogP contribution in [0.2, 0.25) is 10.4 Å². The van der Waals surface area contributed by atoms with Gasteiger partial charge >= 0.3 is 0 Å². The van der Waals surface area contributed by atoms with Crippen LogP contribution >= 0.6 is 23.2 Å². The van der Waals surface area contributed by atoms with Crippen LogP contribution in [0.3, 0.4) is 0 Å². The van der Waals surface area contributed by atoms with Crippen LogP contribution in [-0.2, 0) is 4.74 Å². The maximum Gasteiger partial charge on any atom is 0.225 e. The molecule has 2 aliphatic rings. The zero-order chi connectivity index (χ0) is 12.8. The molecule has 0 aliphatic carbocycles. The molecule has 1 N–H and O–H groups in total. The molecule has 18 heavy (non-hydrogen) atoms. The van der Waals surface area contributed by atoms with Gasteiger partial charge in [-0.1, -0.05) is 11.6 Å². The van der Waals surface area contributed by atoms with Crippen LogP contribution in [0.1, 0.15) is 12.8 Å². The van der Waals surface area contributed by atoms with E-state index >= 15 is 0 Å². The Bertz CT molecular complexity index is 449. The highest BCUT2D eigenvalue weighted by molar-refractivity contribution is 6.32. The van der Waals surface area contributed by atoms with Crippen molar-refractivity contribution < 1.29 is 9.84 Å². The van der Waals surface area contributed by atoms with Gasteiger partial charge in [0.25, 0.3) is 0 Å². The molecule has 0 saturated carbocycles. The van der Waals surface area contributed by atoms with Gasteiger partial charge < -0.3 is 14.7 Å². The quantitative estimate of drug-likeness (QED) is 0.661. The Hall–Kier alpha value is -0.620. The molecule has 3 heterocycles. The van der Waals surface area contributed by atoms with E-state index in [1.807, 2.05) is 0 Å². The molecule has 0 aromatic carbocycles. The normalized spacial score (nSPS) is 30.8. The van der Waals surface area contributed by atoms with Gasteiger partial charge in [0.2, 0.25) is 5.28 Å². The highest BCUT2D eigenvalue weighted by Gasteiger charge is 2.50. The summed E-state index contributed by atoms with van der Waals surface area (Å²) in [7, 11) is 0. The van der Waals surface area contributed by atoms with Gasteiger partial charge in [-0.25, -0.2) is 9.97 Å². The minimum absolute atomic E-state index is 0.0305. The van der Waals surface area contributed by atoms with Crippen molar-refractivity contribution in [2.24, 2.45) is 0 Å². The van der Waals surface area contributed by atoms with Gasteiger partial charge in [-0.3, -0.25) is 0 Å². The van der Waals surface area contributed by atoms with Gasteiger partial charge in [0.1, 0.15) is 11.0 Å². The second kappa shape index (κ2) is 4.49. The summed E-state index contributed by atoms with van der Waals surface area (Å²) >= 11 is 11.8. The fourth-order valence-electron chi connectivity index (χ4n) is 2.89. The van der Waals surface area contributed by atoms with E-state index in [1.165, 1.54) is 0 Å². The number of hydrogen-bond acceptors (Lipinski definition) is 5. The number of fused-ring (bicyclic) bond motifs is 2. The summed E-state index contributed by atoms with van der Waals surface area (Å²) in [5.41, 5.74) is -0.399. The Labute approximate surface area is 115 Å². The minimum Gasteiger partial charge on any atom is -0.394 e. The fraction of sp³-hybridized carbons (Fsp3) is 0.636. The van der Waals surface area contributed by atoms with Crippen molar-refractivity contribution in [2.75, 3.05) is 24.7 Å². The van der Waals surface area contributed by atoms with Crippen LogP contribution < -0.4 is 4.90 Å². The molecule has 0 radical (unpaired) electrons. The van der Waals surface area contributed by atoms with Crippen LogP contribution in [-0.4, -0.2) is 46.5 Å². The SMILES string of the molecule is OCC12CCC(COC1)N2c1cc(Cl)nc(Cl)n1. The summed E-state index contributed by atoms with van der Waals surface area (Å²) in [5.74, 6) is 0.667. The van der Waals surface area contributed by atoms with Gasteiger partial charge in [0.15, 0.2) is 0 Å². The predicted molar refractivity (Wildman–Crippen MR) is 68.2 cm³/mol. The third-order valence-corrected chi connectivity index (χ3v) is 4.06. The lowest BCUT2D eigenvalue weighted by molar-refractivity contribution is 0.0270. The van der Waals surface area contributed by atoms with Crippen LogP contribution in [0, 0.1) is 0 Å². The maximum atomic E-state index is 9.71. The molecule has 2 aliphatic heterocycles. The monoisotopic (exact) mass is 289 g/mol. The van der Waals surface area contributed by atoms with Crippen LogP contribution in [0.4, 0.5) is 5.82 Å². The number of aliphatic hydroxyl groups excluding tert-OH is 1. The third-order valence-electron chi connectivity index (χ3n) is 3.70. The van der Waals surface area contributed by atoms with Crippen molar-refractivity contribution in [1.29, 1.82) is 0 Å². The number of hydrogen-bond donors (Lipinski definition) is 1. The third kappa shape index (κ3) is 1.86. The fourth-order valence-corrected chi connectivity index (χ4v) is 3.29. The molecule has 2 atom stereocenters. The Morgan fingerprint density at radius 3 is 3.06 bits per heavy atom. The molecular formula is C11H13Cl2N3O2. The van der Waals surface area contributed by atoms with E-state index in [9.17, 15) is 5.11 Å². The molecule has 1 aromatic heterocycles. The standard InChI is InChI=1S/C11H13Cl2N3O2/c12-8-3-9(15-10(13)14-8)16-7-1-2-11(16,5-17)6-18-4-7/h3,7,17H,1-2,4-6H2. The average molecular weight is 290 g/mol. The molecule has 1 aromatic rings. The summed E-state index contributed by atoms with van der Waals surface area (Å²) < 4.78 is 5.55. The zero-order valence-corrected chi connectivity index (χ0v) is 11.2. The molecule has 2 saturated heterocycles. The van der Waals surface area contributed by atoms with Crippen molar-refractivity contribution in [3.63, 3.8) is 0 Å². The number of anilines is 1. The van der Waals surface area contributed by atoms with Crippen molar-refractivity contribution in [3.8, 4) is 0 Å². The maximum absolute atomic E-state index is 9.71. The highest BCUT2D eigenvalue weighted by Crippen LogP contribution is 2.41. The van der Waals surface area contributed by atoms with Gasteiger partial charge in [-0.05, 0) is 24.4 Å². The number of morpholine rings is 1. The lowest BCUT2D eigenvalue weighted by atomic mass is 9.98. The molecule has 2 unspecified atom stereocenters. The van der Waals surface area contributed by atoms with E-state index in [4.69, 9.17) is 27.9 Å². The Morgan fingerprint density at radius 2 is 2.33 bits per heavy atom. The minimum atomic E-state index is -0.399. The first kappa shape index (κ1) is 12.4.